The van der Waals surface area contributed by atoms with Gasteiger partial charge in [0.05, 0.1) is 17.4 Å². The van der Waals surface area contributed by atoms with Gasteiger partial charge in [0, 0.05) is 23.8 Å². The van der Waals surface area contributed by atoms with E-state index in [0.717, 1.165) is 27.7 Å². The van der Waals surface area contributed by atoms with Crippen LogP contribution in [-0.4, -0.2) is 30.6 Å². The van der Waals surface area contributed by atoms with E-state index in [-0.39, 0.29) is 11.6 Å². The van der Waals surface area contributed by atoms with Crippen molar-refractivity contribution in [1.29, 1.82) is 0 Å². The van der Waals surface area contributed by atoms with Gasteiger partial charge < -0.3 is 5.32 Å². The van der Waals surface area contributed by atoms with Gasteiger partial charge in [0.1, 0.15) is 11.5 Å². The zero-order valence-corrected chi connectivity index (χ0v) is 15.3. The summed E-state index contributed by atoms with van der Waals surface area (Å²) in [5.74, 6) is 0.831. The van der Waals surface area contributed by atoms with Crippen molar-refractivity contribution < 1.29 is 4.79 Å². The Morgan fingerprint density at radius 1 is 1.07 bits per heavy atom. The smallest absolute Gasteiger partial charge is 0.277 e. The summed E-state index contributed by atoms with van der Waals surface area (Å²) in [6.45, 7) is 5.94. The van der Waals surface area contributed by atoms with Gasteiger partial charge in [0.15, 0.2) is 5.82 Å². The Bertz CT molecular complexity index is 1150. The monoisotopic (exact) mass is 358 g/mol. The number of nitrogens with zero attached hydrogens (tertiary/aromatic N) is 5. The van der Waals surface area contributed by atoms with E-state index in [4.69, 9.17) is 4.98 Å². The number of pyridine rings is 1. The third-order valence-electron chi connectivity index (χ3n) is 4.32. The number of amides is 1. The molecule has 0 atom stereocenters. The number of aryl methyl sites for hydroxylation is 3. The van der Waals surface area contributed by atoms with Gasteiger partial charge in [-0.15, -0.1) is 0 Å². The van der Waals surface area contributed by atoms with E-state index < -0.39 is 0 Å². The van der Waals surface area contributed by atoms with Crippen LogP contribution in [0, 0.1) is 20.8 Å². The molecule has 0 spiro atoms. The lowest BCUT2D eigenvalue weighted by molar-refractivity contribution is 0.102. The molecular weight excluding hydrogens is 340 g/mol. The molecule has 0 unspecified atom stereocenters. The number of benzene rings is 1. The molecule has 0 saturated carbocycles. The number of fused-ring (bicyclic) bond motifs is 1. The van der Waals surface area contributed by atoms with E-state index in [9.17, 15) is 4.79 Å². The average Bonchev–Trinajstić information content (AvgIpc) is 3.03. The summed E-state index contributed by atoms with van der Waals surface area (Å²) >= 11 is 0. The average molecular weight is 358 g/mol. The predicted molar refractivity (Wildman–Crippen MR) is 103 cm³/mol. The molecule has 3 heterocycles. The van der Waals surface area contributed by atoms with Crippen LogP contribution in [0.1, 0.15) is 27.3 Å². The molecule has 0 aliphatic heterocycles. The van der Waals surface area contributed by atoms with Gasteiger partial charge in [-0.25, -0.2) is 9.97 Å². The summed E-state index contributed by atoms with van der Waals surface area (Å²) < 4.78 is 1.64. The number of aromatic nitrogens is 5. The minimum Gasteiger partial charge on any atom is -0.305 e. The van der Waals surface area contributed by atoms with Gasteiger partial charge >= 0.3 is 0 Å². The van der Waals surface area contributed by atoms with Crippen LogP contribution in [0.2, 0.25) is 0 Å². The first-order chi connectivity index (χ1) is 13.0. The Kier molecular flexibility index (Phi) is 4.12. The zero-order chi connectivity index (χ0) is 19.0. The van der Waals surface area contributed by atoms with Crippen molar-refractivity contribution in [2.75, 3.05) is 5.32 Å². The highest BCUT2D eigenvalue weighted by Gasteiger charge is 2.15. The van der Waals surface area contributed by atoms with E-state index >= 15 is 0 Å². The molecule has 0 aliphatic rings. The van der Waals surface area contributed by atoms with Crippen molar-refractivity contribution in [3.63, 3.8) is 0 Å². The molecule has 3 aromatic heterocycles. The van der Waals surface area contributed by atoms with E-state index in [1.807, 2.05) is 39.0 Å². The largest absolute Gasteiger partial charge is 0.305 e. The number of para-hydroxylation sites is 1. The number of anilines is 1. The molecule has 7 nitrogen and oxygen atoms in total. The van der Waals surface area contributed by atoms with Crippen LogP contribution in [0.3, 0.4) is 0 Å². The van der Waals surface area contributed by atoms with Gasteiger partial charge in [-0.2, -0.15) is 9.78 Å². The summed E-state index contributed by atoms with van der Waals surface area (Å²) in [6, 6.07) is 9.87. The van der Waals surface area contributed by atoms with Crippen LogP contribution in [0.15, 0.2) is 48.9 Å². The van der Waals surface area contributed by atoms with E-state index in [1.54, 1.807) is 10.7 Å². The summed E-state index contributed by atoms with van der Waals surface area (Å²) in [6.07, 6.45) is 4.43. The molecule has 7 heteroatoms. The Labute approximate surface area is 156 Å². The third kappa shape index (κ3) is 3.15. The lowest BCUT2D eigenvalue weighted by Gasteiger charge is -2.11. The summed E-state index contributed by atoms with van der Waals surface area (Å²) in [5.41, 5.74) is 4.12. The van der Waals surface area contributed by atoms with E-state index in [0.29, 0.717) is 11.6 Å². The van der Waals surface area contributed by atoms with Gasteiger partial charge in [0.2, 0.25) is 0 Å². The third-order valence-corrected chi connectivity index (χ3v) is 4.32. The van der Waals surface area contributed by atoms with Crippen molar-refractivity contribution in [2.24, 2.45) is 0 Å². The topological polar surface area (TPSA) is 85.6 Å². The molecule has 0 bridgehead atoms. The van der Waals surface area contributed by atoms with Crippen LogP contribution in [0.4, 0.5) is 5.82 Å². The van der Waals surface area contributed by atoms with Crippen LogP contribution < -0.4 is 5.32 Å². The molecule has 0 radical (unpaired) electrons. The highest BCUT2D eigenvalue weighted by Crippen LogP contribution is 2.24. The first-order valence-electron chi connectivity index (χ1n) is 8.54. The van der Waals surface area contributed by atoms with Crippen molar-refractivity contribution in [3.8, 4) is 5.82 Å². The van der Waals surface area contributed by atoms with Gasteiger partial charge in [-0.3, -0.25) is 9.78 Å². The number of rotatable bonds is 3. The Hall–Kier alpha value is -3.61. The van der Waals surface area contributed by atoms with Crippen molar-refractivity contribution in [1.82, 2.24) is 24.7 Å². The van der Waals surface area contributed by atoms with Crippen LogP contribution in [0.25, 0.3) is 16.7 Å². The Balaban J connectivity index is 1.78. The number of carbonyl (C=O) groups is 1. The Morgan fingerprint density at radius 2 is 1.93 bits per heavy atom. The number of carbonyl (C=O) groups excluding carboxylic acids is 1. The maximum Gasteiger partial charge on any atom is 0.277 e. The SMILES string of the molecule is Cc1cc(NC(=O)c2cnccn2)n(-c2cc(C)c3cccc(C)c3n2)n1. The minimum absolute atomic E-state index is 0.237. The van der Waals surface area contributed by atoms with Crippen molar-refractivity contribution in [3.05, 3.63) is 71.4 Å². The predicted octanol–water partition coefficient (Wildman–Crippen LogP) is 3.39. The molecule has 1 N–H and O–H groups in total. The molecule has 4 aromatic rings. The lowest BCUT2D eigenvalue weighted by Crippen LogP contribution is -2.17. The fourth-order valence-corrected chi connectivity index (χ4v) is 3.01. The molecule has 1 amide bonds. The summed E-state index contributed by atoms with van der Waals surface area (Å²) in [4.78, 5) is 25.2. The number of hydrogen-bond acceptors (Lipinski definition) is 5. The van der Waals surface area contributed by atoms with E-state index in [1.165, 1.54) is 18.6 Å². The molecule has 134 valence electrons. The number of hydrogen-bond donors (Lipinski definition) is 1. The fraction of sp³-hybridized carbons (Fsp3) is 0.150. The molecule has 0 fully saturated rings. The first kappa shape index (κ1) is 16.8. The maximum atomic E-state index is 12.5. The van der Waals surface area contributed by atoms with Crippen molar-refractivity contribution in [2.45, 2.75) is 20.8 Å². The molecule has 4 rings (SSSR count). The molecule has 1 aromatic carbocycles. The fourth-order valence-electron chi connectivity index (χ4n) is 3.01. The normalized spacial score (nSPS) is 10.9. The molecule has 0 aliphatic carbocycles. The molecular formula is C20H18N6O. The second kappa shape index (κ2) is 6.60. The maximum absolute atomic E-state index is 12.5. The quantitative estimate of drug-likeness (QED) is 0.607. The second-order valence-corrected chi connectivity index (χ2v) is 6.40. The summed E-state index contributed by atoms with van der Waals surface area (Å²) in [7, 11) is 0. The highest BCUT2D eigenvalue weighted by atomic mass is 16.2. The van der Waals surface area contributed by atoms with Gasteiger partial charge in [-0.05, 0) is 38.0 Å². The highest BCUT2D eigenvalue weighted by molar-refractivity contribution is 6.02. The zero-order valence-electron chi connectivity index (χ0n) is 15.3. The molecule has 0 saturated heterocycles. The Morgan fingerprint density at radius 3 is 2.70 bits per heavy atom. The standard InChI is InChI=1S/C20H18N6O/c1-12-5-4-6-15-13(2)9-17(23-19(12)15)26-18(10-14(3)25-26)24-20(27)16-11-21-7-8-22-16/h4-11H,1-3H3,(H,24,27). The van der Waals surface area contributed by atoms with Gasteiger partial charge in [0.25, 0.3) is 5.91 Å². The second-order valence-electron chi connectivity index (χ2n) is 6.40. The van der Waals surface area contributed by atoms with Crippen molar-refractivity contribution >= 4 is 22.6 Å². The van der Waals surface area contributed by atoms with Crippen LogP contribution in [-0.2, 0) is 0 Å². The number of nitrogens with one attached hydrogen (secondary N) is 1. The molecule has 27 heavy (non-hydrogen) atoms. The van der Waals surface area contributed by atoms with Crippen LogP contribution in [0.5, 0.6) is 0 Å². The summed E-state index contributed by atoms with van der Waals surface area (Å²) in [5, 5.41) is 8.46. The van der Waals surface area contributed by atoms with Crippen LogP contribution >= 0.6 is 0 Å². The first-order valence-corrected chi connectivity index (χ1v) is 8.54. The van der Waals surface area contributed by atoms with E-state index in [2.05, 4.69) is 26.4 Å². The lowest BCUT2D eigenvalue weighted by atomic mass is 10.1. The minimum atomic E-state index is -0.349. The van der Waals surface area contributed by atoms with Gasteiger partial charge in [-0.1, -0.05) is 18.2 Å².